The summed E-state index contributed by atoms with van der Waals surface area (Å²) in [5.74, 6) is -1.37. The first-order valence-corrected chi connectivity index (χ1v) is 7.56. The SMILES string of the molecule is CN(C(=O)C(=O)Nc1cccc2c(O)cccc12)c1ccc(O)cc1. The highest BCUT2D eigenvalue weighted by Gasteiger charge is 2.21. The number of phenolic OH excluding ortho intramolecular Hbond substituents is 2. The molecule has 3 rings (SSSR count). The lowest BCUT2D eigenvalue weighted by Gasteiger charge is -2.17. The first-order chi connectivity index (χ1) is 12.0. The summed E-state index contributed by atoms with van der Waals surface area (Å²) in [5, 5.41) is 23.0. The molecule has 6 heteroatoms. The summed E-state index contributed by atoms with van der Waals surface area (Å²) >= 11 is 0. The number of hydrogen-bond donors (Lipinski definition) is 3. The third kappa shape index (κ3) is 3.23. The predicted octanol–water partition coefficient (Wildman–Crippen LogP) is 2.85. The number of nitrogens with zero attached hydrogens (tertiary/aromatic N) is 1. The van der Waals surface area contributed by atoms with E-state index in [2.05, 4.69) is 5.32 Å². The van der Waals surface area contributed by atoms with Crippen LogP contribution >= 0.6 is 0 Å². The summed E-state index contributed by atoms with van der Waals surface area (Å²) in [6, 6.07) is 16.0. The van der Waals surface area contributed by atoms with E-state index in [4.69, 9.17) is 0 Å². The molecule has 0 aliphatic carbocycles. The zero-order chi connectivity index (χ0) is 18.0. The quantitative estimate of drug-likeness (QED) is 0.628. The normalized spacial score (nSPS) is 10.4. The van der Waals surface area contributed by atoms with Gasteiger partial charge in [-0.1, -0.05) is 24.3 Å². The molecule has 0 fully saturated rings. The smallest absolute Gasteiger partial charge is 0.316 e. The topological polar surface area (TPSA) is 89.9 Å². The van der Waals surface area contributed by atoms with Crippen LogP contribution in [0.25, 0.3) is 10.8 Å². The Bertz CT molecular complexity index is 951. The van der Waals surface area contributed by atoms with Gasteiger partial charge in [0.05, 0.1) is 0 Å². The number of nitrogens with one attached hydrogen (secondary N) is 1. The Morgan fingerprint density at radius 3 is 2.24 bits per heavy atom. The molecule has 0 heterocycles. The molecule has 0 saturated carbocycles. The fourth-order valence-electron chi connectivity index (χ4n) is 2.52. The first kappa shape index (κ1) is 16.3. The zero-order valence-electron chi connectivity index (χ0n) is 13.4. The maximum absolute atomic E-state index is 12.3. The molecule has 0 saturated heterocycles. The van der Waals surface area contributed by atoms with Crippen molar-refractivity contribution in [2.45, 2.75) is 0 Å². The van der Waals surface area contributed by atoms with E-state index in [-0.39, 0.29) is 11.5 Å². The molecular weight excluding hydrogens is 320 g/mol. The lowest BCUT2D eigenvalue weighted by atomic mass is 10.1. The fourth-order valence-corrected chi connectivity index (χ4v) is 2.52. The van der Waals surface area contributed by atoms with E-state index >= 15 is 0 Å². The molecule has 3 aromatic rings. The lowest BCUT2D eigenvalue weighted by Crippen LogP contribution is -2.37. The van der Waals surface area contributed by atoms with Crippen LogP contribution in [0.3, 0.4) is 0 Å². The third-order valence-corrected chi connectivity index (χ3v) is 3.88. The third-order valence-electron chi connectivity index (χ3n) is 3.88. The zero-order valence-corrected chi connectivity index (χ0v) is 13.4. The summed E-state index contributed by atoms with van der Waals surface area (Å²) in [6.07, 6.45) is 0. The van der Waals surface area contributed by atoms with Crippen molar-refractivity contribution in [3.63, 3.8) is 0 Å². The van der Waals surface area contributed by atoms with Crippen molar-refractivity contribution in [1.29, 1.82) is 0 Å². The van der Waals surface area contributed by atoms with Gasteiger partial charge in [-0.15, -0.1) is 0 Å². The van der Waals surface area contributed by atoms with Crippen LogP contribution in [0.15, 0.2) is 60.7 Å². The monoisotopic (exact) mass is 336 g/mol. The Kier molecular flexibility index (Phi) is 4.26. The van der Waals surface area contributed by atoms with Gasteiger partial charge in [0.15, 0.2) is 0 Å². The molecular formula is C19H16N2O4. The molecule has 0 unspecified atom stereocenters. The minimum Gasteiger partial charge on any atom is -0.508 e. The summed E-state index contributed by atoms with van der Waals surface area (Å²) < 4.78 is 0. The molecule has 0 atom stereocenters. The molecule has 25 heavy (non-hydrogen) atoms. The van der Waals surface area contributed by atoms with E-state index in [0.29, 0.717) is 22.1 Å². The number of phenols is 2. The molecule has 0 aromatic heterocycles. The van der Waals surface area contributed by atoms with Gasteiger partial charge in [-0.3, -0.25) is 9.59 Å². The van der Waals surface area contributed by atoms with Gasteiger partial charge >= 0.3 is 11.8 Å². The standard InChI is InChI=1S/C19H16N2O4/c1-21(12-8-10-13(22)11-9-12)19(25)18(24)20-16-6-2-5-15-14(16)4-3-7-17(15)23/h2-11,22-23H,1H3,(H,20,24). The summed E-state index contributed by atoms with van der Waals surface area (Å²) in [7, 11) is 1.48. The number of amides is 2. The van der Waals surface area contributed by atoms with Crippen molar-refractivity contribution in [3.05, 3.63) is 60.7 Å². The maximum atomic E-state index is 12.3. The lowest BCUT2D eigenvalue weighted by molar-refractivity contribution is -0.134. The van der Waals surface area contributed by atoms with Gasteiger partial charge < -0.3 is 20.4 Å². The van der Waals surface area contributed by atoms with E-state index < -0.39 is 11.8 Å². The Morgan fingerprint density at radius 1 is 0.880 bits per heavy atom. The number of benzene rings is 3. The molecule has 0 bridgehead atoms. The molecule has 6 nitrogen and oxygen atoms in total. The summed E-state index contributed by atoms with van der Waals surface area (Å²) in [4.78, 5) is 25.8. The van der Waals surface area contributed by atoms with E-state index in [1.807, 2.05) is 0 Å². The van der Waals surface area contributed by atoms with Gasteiger partial charge in [0.2, 0.25) is 0 Å². The summed E-state index contributed by atoms with van der Waals surface area (Å²) in [6.45, 7) is 0. The van der Waals surface area contributed by atoms with Crippen LogP contribution < -0.4 is 10.2 Å². The van der Waals surface area contributed by atoms with Crippen LogP contribution in [0.5, 0.6) is 11.5 Å². The van der Waals surface area contributed by atoms with Gasteiger partial charge in [0, 0.05) is 29.2 Å². The molecule has 0 aliphatic rings. The van der Waals surface area contributed by atoms with Gasteiger partial charge in [0.1, 0.15) is 11.5 Å². The van der Waals surface area contributed by atoms with Crippen molar-refractivity contribution in [2.24, 2.45) is 0 Å². The number of hydrogen-bond acceptors (Lipinski definition) is 4. The molecule has 3 N–H and O–H groups in total. The van der Waals surface area contributed by atoms with Crippen molar-refractivity contribution in [2.75, 3.05) is 17.3 Å². The average Bonchev–Trinajstić information content (AvgIpc) is 2.62. The minimum atomic E-state index is -0.800. The van der Waals surface area contributed by atoms with Gasteiger partial charge in [-0.05, 0) is 36.4 Å². The van der Waals surface area contributed by atoms with Crippen LogP contribution in [-0.2, 0) is 9.59 Å². The largest absolute Gasteiger partial charge is 0.508 e. The Balaban J connectivity index is 1.83. The van der Waals surface area contributed by atoms with E-state index in [1.165, 1.54) is 36.2 Å². The Hall–Kier alpha value is -3.54. The second-order valence-corrected chi connectivity index (χ2v) is 5.51. The van der Waals surface area contributed by atoms with E-state index in [9.17, 15) is 19.8 Å². The Labute approximate surface area is 143 Å². The van der Waals surface area contributed by atoms with E-state index in [0.717, 1.165) is 0 Å². The highest BCUT2D eigenvalue weighted by Crippen LogP contribution is 2.29. The van der Waals surface area contributed by atoms with Crippen LogP contribution in [0.1, 0.15) is 0 Å². The first-order valence-electron chi connectivity index (χ1n) is 7.56. The van der Waals surface area contributed by atoms with Crippen molar-refractivity contribution < 1.29 is 19.8 Å². The van der Waals surface area contributed by atoms with Gasteiger partial charge in [0.25, 0.3) is 0 Å². The molecule has 126 valence electrons. The number of anilines is 2. The molecule has 2 amide bonds. The van der Waals surface area contributed by atoms with E-state index in [1.54, 1.807) is 36.4 Å². The maximum Gasteiger partial charge on any atom is 0.316 e. The van der Waals surface area contributed by atoms with Crippen LogP contribution in [0.4, 0.5) is 11.4 Å². The number of carbonyl (C=O) groups is 2. The predicted molar refractivity (Wildman–Crippen MR) is 95.8 cm³/mol. The van der Waals surface area contributed by atoms with Crippen LogP contribution in [0.2, 0.25) is 0 Å². The highest BCUT2D eigenvalue weighted by atomic mass is 16.3. The van der Waals surface area contributed by atoms with Crippen molar-refractivity contribution >= 4 is 34.0 Å². The Morgan fingerprint density at radius 2 is 1.52 bits per heavy atom. The highest BCUT2D eigenvalue weighted by molar-refractivity contribution is 6.44. The van der Waals surface area contributed by atoms with Gasteiger partial charge in [-0.2, -0.15) is 0 Å². The number of fused-ring (bicyclic) bond motifs is 1. The second kappa shape index (κ2) is 6.52. The van der Waals surface area contributed by atoms with Gasteiger partial charge in [-0.25, -0.2) is 0 Å². The molecule has 0 spiro atoms. The average molecular weight is 336 g/mol. The molecule has 0 radical (unpaired) electrons. The number of aromatic hydroxyl groups is 2. The van der Waals surface area contributed by atoms with Crippen LogP contribution in [-0.4, -0.2) is 29.1 Å². The minimum absolute atomic E-state index is 0.0737. The number of carbonyl (C=O) groups excluding carboxylic acids is 2. The molecule has 3 aromatic carbocycles. The van der Waals surface area contributed by atoms with Crippen molar-refractivity contribution in [1.82, 2.24) is 0 Å². The number of likely N-dealkylation sites (N-methyl/N-ethyl adjacent to an activating group) is 1. The summed E-state index contributed by atoms with van der Waals surface area (Å²) in [5.41, 5.74) is 0.916. The fraction of sp³-hybridized carbons (Fsp3) is 0.0526. The van der Waals surface area contributed by atoms with Crippen LogP contribution in [0, 0.1) is 0 Å². The number of rotatable bonds is 2. The van der Waals surface area contributed by atoms with Crippen molar-refractivity contribution in [3.8, 4) is 11.5 Å². The molecule has 0 aliphatic heterocycles. The second-order valence-electron chi connectivity index (χ2n) is 5.51.